The lowest BCUT2D eigenvalue weighted by Crippen LogP contribution is -2.23. The summed E-state index contributed by atoms with van der Waals surface area (Å²) in [6.07, 6.45) is 14.2. The van der Waals surface area contributed by atoms with E-state index in [9.17, 15) is 0 Å². The molecule has 0 fully saturated rings. The number of hydrogen-bond donors (Lipinski definition) is 0. The zero-order valence-electron chi connectivity index (χ0n) is 35.6. The highest BCUT2D eigenvalue weighted by molar-refractivity contribution is 6.10. The molecule has 1 atom stereocenters. The van der Waals surface area contributed by atoms with E-state index in [0.29, 0.717) is 0 Å². The van der Waals surface area contributed by atoms with Crippen molar-refractivity contribution in [1.82, 2.24) is 4.57 Å². The van der Waals surface area contributed by atoms with Gasteiger partial charge in [0.1, 0.15) is 0 Å². The number of anilines is 2. The Morgan fingerprint density at radius 3 is 2.03 bits per heavy atom. The van der Waals surface area contributed by atoms with Gasteiger partial charge in [0.15, 0.2) is 0 Å². The van der Waals surface area contributed by atoms with Gasteiger partial charge in [-0.1, -0.05) is 191 Å². The van der Waals surface area contributed by atoms with Crippen molar-refractivity contribution in [3.63, 3.8) is 0 Å². The second-order valence-corrected chi connectivity index (χ2v) is 16.5. The minimum Gasteiger partial charge on any atom is -0.330 e. The molecule has 0 saturated heterocycles. The predicted molar refractivity (Wildman–Crippen MR) is 263 cm³/mol. The molecule has 0 saturated carbocycles. The maximum Gasteiger partial charge on any atom is 0.0778 e. The number of hydrogen-bond acceptors (Lipinski definition) is 1. The molecule has 1 aliphatic carbocycles. The van der Waals surface area contributed by atoms with Gasteiger partial charge in [-0.25, -0.2) is 0 Å². The standard InChI is InChI=1S/C59H52N2/c1-6-8-27-51-42(3)59(4,5)55-41-50(36-37-52(51)55)60(49-34-30-45(31-35-49)44-21-12-9-13-22-44)56(46-23-14-10-15-24-46)38-32-43(20-7-2)47-33-39-58-54(40-47)53-28-18-19-29-57(53)61(58)48-25-16-11-17-26-48/h6,8-41,56H,1,7H2,2-5H3/b27-8-,38-32-,43-20+. The van der Waals surface area contributed by atoms with E-state index < -0.39 is 0 Å². The van der Waals surface area contributed by atoms with E-state index in [2.05, 4.69) is 250 Å². The number of benzene rings is 7. The smallest absolute Gasteiger partial charge is 0.0778 e. The van der Waals surface area contributed by atoms with Crippen molar-refractivity contribution < 1.29 is 0 Å². The van der Waals surface area contributed by atoms with Crippen molar-refractivity contribution in [2.24, 2.45) is 0 Å². The summed E-state index contributed by atoms with van der Waals surface area (Å²) in [5, 5.41) is 2.50. The van der Waals surface area contributed by atoms with Gasteiger partial charge < -0.3 is 9.47 Å². The second-order valence-electron chi connectivity index (χ2n) is 16.5. The molecular formula is C59H52N2. The normalized spacial score (nSPS) is 14.3. The molecule has 0 bridgehead atoms. The van der Waals surface area contributed by atoms with Crippen LogP contribution in [0.25, 0.3) is 49.8 Å². The third-order valence-corrected chi connectivity index (χ3v) is 12.6. The monoisotopic (exact) mass is 788 g/mol. The van der Waals surface area contributed by atoms with E-state index in [1.807, 2.05) is 6.08 Å². The number of para-hydroxylation sites is 2. The molecule has 1 aromatic heterocycles. The lowest BCUT2D eigenvalue weighted by atomic mass is 9.81. The van der Waals surface area contributed by atoms with Crippen LogP contribution in [0.5, 0.6) is 0 Å². The van der Waals surface area contributed by atoms with Gasteiger partial charge in [-0.2, -0.15) is 0 Å². The van der Waals surface area contributed by atoms with Gasteiger partial charge in [0.25, 0.3) is 0 Å². The molecule has 0 N–H and O–H groups in total. The number of rotatable bonds is 12. The first kappa shape index (κ1) is 39.3. The Morgan fingerprint density at radius 2 is 1.31 bits per heavy atom. The highest BCUT2D eigenvalue weighted by Gasteiger charge is 2.35. The SMILES string of the molecule is C=C/C=C\C1=C(C)C(C)(C)c2cc(N(c3ccc(-c4ccccc4)cc3)C(/C=C\C(=C/CC)c3ccc4c(c3)c3ccccc3n4-c3ccccc3)c3ccccc3)ccc21. The minimum absolute atomic E-state index is 0.121. The number of nitrogens with zero attached hydrogens (tertiary/aromatic N) is 2. The first-order chi connectivity index (χ1) is 29.9. The maximum absolute atomic E-state index is 3.95. The van der Waals surface area contributed by atoms with Gasteiger partial charge >= 0.3 is 0 Å². The van der Waals surface area contributed by atoms with E-state index in [0.717, 1.165) is 17.8 Å². The quantitative estimate of drug-likeness (QED) is 0.112. The molecule has 0 spiro atoms. The molecule has 0 aliphatic heterocycles. The summed E-state index contributed by atoms with van der Waals surface area (Å²) in [7, 11) is 0. The van der Waals surface area contributed by atoms with E-state index >= 15 is 0 Å². The molecule has 1 heterocycles. The van der Waals surface area contributed by atoms with E-state index in [-0.39, 0.29) is 11.5 Å². The van der Waals surface area contributed by atoms with Crippen LogP contribution in [0, 0.1) is 0 Å². The topological polar surface area (TPSA) is 8.17 Å². The van der Waals surface area contributed by atoms with E-state index in [1.165, 1.54) is 77.6 Å². The first-order valence-corrected chi connectivity index (χ1v) is 21.5. The van der Waals surface area contributed by atoms with E-state index in [1.54, 1.807) is 0 Å². The highest BCUT2D eigenvalue weighted by atomic mass is 15.2. The van der Waals surface area contributed by atoms with Gasteiger partial charge in [0, 0.05) is 33.2 Å². The van der Waals surface area contributed by atoms with Crippen molar-refractivity contribution in [3.05, 3.63) is 247 Å². The molecule has 0 amide bonds. The van der Waals surface area contributed by atoms with Crippen molar-refractivity contribution in [3.8, 4) is 16.8 Å². The molecule has 9 rings (SSSR count). The molecule has 0 radical (unpaired) electrons. The third-order valence-electron chi connectivity index (χ3n) is 12.6. The number of aromatic nitrogens is 1. The third kappa shape index (κ3) is 7.40. The van der Waals surface area contributed by atoms with Crippen molar-refractivity contribution in [2.75, 3.05) is 4.90 Å². The summed E-state index contributed by atoms with van der Waals surface area (Å²) in [6.45, 7) is 13.2. The van der Waals surface area contributed by atoms with Crippen molar-refractivity contribution in [2.45, 2.75) is 45.6 Å². The Morgan fingerprint density at radius 1 is 0.672 bits per heavy atom. The fraction of sp³-hybridized carbons (Fsp3) is 0.119. The molecule has 1 unspecified atom stereocenters. The van der Waals surface area contributed by atoms with Gasteiger partial charge in [-0.3, -0.25) is 0 Å². The molecular weight excluding hydrogens is 737 g/mol. The van der Waals surface area contributed by atoms with Gasteiger partial charge in [-0.15, -0.1) is 0 Å². The molecule has 1 aliphatic rings. The van der Waals surface area contributed by atoms with Gasteiger partial charge in [0.05, 0.1) is 17.1 Å². The Balaban J connectivity index is 1.19. The molecule has 8 aromatic rings. The summed E-state index contributed by atoms with van der Waals surface area (Å²) in [6, 6.07) is 64.0. The van der Waals surface area contributed by atoms with Crippen molar-refractivity contribution in [1.29, 1.82) is 0 Å². The Labute approximate surface area is 361 Å². The van der Waals surface area contributed by atoms with Crippen LogP contribution < -0.4 is 4.90 Å². The highest BCUT2D eigenvalue weighted by Crippen LogP contribution is 2.49. The molecule has 2 heteroatoms. The van der Waals surface area contributed by atoms with Crippen LogP contribution in [0.2, 0.25) is 0 Å². The molecule has 298 valence electrons. The number of allylic oxidation sites excluding steroid dienone is 8. The summed E-state index contributed by atoms with van der Waals surface area (Å²) >= 11 is 0. The molecule has 2 nitrogen and oxygen atoms in total. The number of fused-ring (bicyclic) bond motifs is 4. The zero-order valence-corrected chi connectivity index (χ0v) is 35.6. The van der Waals surface area contributed by atoms with Crippen LogP contribution in [0.4, 0.5) is 11.4 Å². The van der Waals surface area contributed by atoms with Crippen LogP contribution in [-0.4, -0.2) is 4.57 Å². The van der Waals surface area contributed by atoms with Crippen LogP contribution in [0.15, 0.2) is 225 Å². The Hall–Kier alpha value is -7.16. The fourth-order valence-electron chi connectivity index (χ4n) is 9.17. The predicted octanol–water partition coefficient (Wildman–Crippen LogP) is 16.2. The average molecular weight is 789 g/mol. The Bertz CT molecular complexity index is 2980. The fourth-order valence-corrected chi connectivity index (χ4v) is 9.17. The first-order valence-electron chi connectivity index (χ1n) is 21.5. The second kappa shape index (κ2) is 16.8. The molecule has 61 heavy (non-hydrogen) atoms. The van der Waals surface area contributed by atoms with Crippen LogP contribution in [0.3, 0.4) is 0 Å². The summed E-state index contributed by atoms with van der Waals surface area (Å²) in [4.78, 5) is 2.52. The van der Waals surface area contributed by atoms with Crippen LogP contribution in [-0.2, 0) is 5.41 Å². The van der Waals surface area contributed by atoms with Crippen LogP contribution in [0.1, 0.15) is 62.4 Å². The van der Waals surface area contributed by atoms with Crippen molar-refractivity contribution >= 4 is 44.3 Å². The largest absolute Gasteiger partial charge is 0.330 e. The van der Waals surface area contributed by atoms with Crippen LogP contribution >= 0.6 is 0 Å². The Kier molecular flexibility index (Phi) is 10.8. The summed E-state index contributed by atoms with van der Waals surface area (Å²) < 4.78 is 2.38. The summed E-state index contributed by atoms with van der Waals surface area (Å²) in [5.41, 5.74) is 17.0. The minimum atomic E-state index is -0.133. The van der Waals surface area contributed by atoms with Gasteiger partial charge in [-0.05, 0) is 112 Å². The average Bonchev–Trinajstić information content (AvgIpc) is 3.73. The summed E-state index contributed by atoms with van der Waals surface area (Å²) in [5.74, 6) is 0. The molecule has 7 aromatic carbocycles. The van der Waals surface area contributed by atoms with Gasteiger partial charge in [0.2, 0.25) is 0 Å². The maximum atomic E-state index is 3.95. The lowest BCUT2D eigenvalue weighted by Gasteiger charge is -2.34. The zero-order chi connectivity index (χ0) is 41.9. The van der Waals surface area contributed by atoms with E-state index in [4.69, 9.17) is 0 Å². The lowest BCUT2D eigenvalue weighted by molar-refractivity contribution is 0.638.